The number of imidazole rings is 1. The van der Waals surface area contributed by atoms with E-state index in [2.05, 4.69) is 9.97 Å². The fraction of sp³-hybridized carbons (Fsp3) is 0.444. The van der Waals surface area contributed by atoms with E-state index in [1.54, 1.807) is 14.0 Å². The number of hydrogen-bond donors (Lipinski definition) is 2. The minimum Gasteiger partial charge on any atom is -0.335 e. The lowest BCUT2D eigenvalue weighted by Gasteiger charge is -2.03. The van der Waals surface area contributed by atoms with Crippen molar-refractivity contribution in [3.63, 3.8) is 0 Å². The van der Waals surface area contributed by atoms with Gasteiger partial charge in [0.2, 0.25) is 0 Å². The summed E-state index contributed by atoms with van der Waals surface area (Å²) in [6, 6.07) is 0. The van der Waals surface area contributed by atoms with Crippen molar-refractivity contribution in [2.75, 3.05) is 0 Å². The lowest BCUT2D eigenvalue weighted by molar-refractivity contribution is 0.637. The van der Waals surface area contributed by atoms with Gasteiger partial charge in [0.25, 0.3) is 5.56 Å². The highest BCUT2D eigenvalue weighted by molar-refractivity contribution is 5.69. The highest BCUT2D eigenvalue weighted by Crippen LogP contribution is 2.03. The molecule has 0 bridgehead atoms. The van der Waals surface area contributed by atoms with E-state index in [-0.39, 0.29) is 17.8 Å². The van der Waals surface area contributed by atoms with Gasteiger partial charge in [-0.05, 0) is 6.92 Å². The minimum absolute atomic E-state index is 0.203. The summed E-state index contributed by atoms with van der Waals surface area (Å²) >= 11 is 0. The van der Waals surface area contributed by atoms with Crippen LogP contribution in [0.2, 0.25) is 0 Å². The van der Waals surface area contributed by atoms with Crippen molar-refractivity contribution in [3.05, 3.63) is 26.7 Å². The Labute approximate surface area is 90.5 Å². The van der Waals surface area contributed by atoms with Crippen LogP contribution in [0.4, 0.5) is 0 Å². The Morgan fingerprint density at radius 2 is 2.12 bits per heavy atom. The number of fused-ring (bicyclic) bond motifs is 1. The molecule has 2 heterocycles. The molecule has 0 radical (unpaired) electrons. The van der Waals surface area contributed by atoms with Crippen LogP contribution in [0.1, 0.15) is 12.7 Å². The molecule has 86 valence electrons. The Balaban J connectivity index is 2.99. The lowest BCUT2D eigenvalue weighted by Crippen LogP contribution is -2.38. The number of nitrogens with zero attached hydrogens (tertiary/aromatic N) is 3. The normalized spacial score (nSPS) is 11.2. The summed E-state index contributed by atoms with van der Waals surface area (Å²) in [5, 5.41) is 0. The average Bonchev–Trinajstić information content (AvgIpc) is 2.71. The molecule has 0 aliphatic carbocycles. The van der Waals surface area contributed by atoms with Gasteiger partial charge >= 0.3 is 5.69 Å². The van der Waals surface area contributed by atoms with Gasteiger partial charge in [-0.3, -0.25) is 13.9 Å². The number of aromatic nitrogens is 4. The van der Waals surface area contributed by atoms with Crippen LogP contribution in [0.5, 0.6) is 0 Å². The van der Waals surface area contributed by atoms with Gasteiger partial charge in [0.05, 0.1) is 6.54 Å². The van der Waals surface area contributed by atoms with Crippen molar-refractivity contribution < 1.29 is 0 Å². The van der Waals surface area contributed by atoms with E-state index in [9.17, 15) is 9.59 Å². The molecule has 2 aromatic rings. The third kappa shape index (κ3) is 1.28. The van der Waals surface area contributed by atoms with Gasteiger partial charge in [-0.15, -0.1) is 0 Å². The van der Waals surface area contributed by atoms with Crippen molar-refractivity contribution in [2.45, 2.75) is 20.0 Å². The zero-order valence-corrected chi connectivity index (χ0v) is 9.15. The molecule has 2 aromatic heterocycles. The van der Waals surface area contributed by atoms with E-state index in [1.807, 2.05) is 0 Å². The van der Waals surface area contributed by atoms with Gasteiger partial charge in [-0.1, -0.05) is 0 Å². The van der Waals surface area contributed by atoms with Crippen LogP contribution in [0.3, 0.4) is 0 Å². The second kappa shape index (κ2) is 3.60. The summed E-state index contributed by atoms with van der Waals surface area (Å²) in [7, 11) is 1.58. The van der Waals surface area contributed by atoms with Crippen LogP contribution in [0.15, 0.2) is 9.59 Å². The van der Waals surface area contributed by atoms with Crippen LogP contribution >= 0.6 is 0 Å². The Morgan fingerprint density at radius 1 is 1.44 bits per heavy atom. The zero-order valence-electron chi connectivity index (χ0n) is 9.15. The lowest BCUT2D eigenvalue weighted by atomic mass is 10.5. The first-order valence-electron chi connectivity index (χ1n) is 4.98. The van der Waals surface area contributed by atoms with Crippen molar-refractivity contribution in [2.24, 2.45) is 12.8 Å². The van der Waals surface area contributed by atoms with Gasteiger partial charge in [-0.2, -0.15) is 0 Å². The minimum atomic E-state index is -0.366. The number of nitrogens with two attached hydrogens (primary N) is 1. The van der Waals surface area contributed by atoms with Gasteiger partial charge in [0, 0.05) is 13.6 Å². The highest BCUT2D eigenvalue weighted by Gasteiger charge is 2.13. The number of hydrogen-bond acceptors (Lipinski definition) is 4. The van der Waals surface area contributed by atoms with Crippen molar-refractivity contribution in [3.8, 4) is 0 Å². The summed E-state index contributed by atoms with van der Waals surface area (Å²) in [6.07, 6.45) is 0. The van der Waals surface area contributed by atoms with Gasteiger partial charge in [0.15, 0.2) is 5.65 Å². The summed E-state index contributed by atoms with van der Waals surface area (Å²) in [5.41, 5.74) is 5.38. The highest BCUT2D eigenvalue weighted by atomic mass is 16.2. The number of aryl methyl sites for hydroxylation is 1. The first-order chi connectivity index (χ1) is 7.60. The van der Waals surface area contributed by atoms with Gasteiger partial charge in [-0.25, -0.2) is 9.78 Å². The molecule has 0 saturated heterocycles. The molecule has 7 nitrogen and oxygen atoms in total. The van der Waals surface area contributed by atoms with E-state index in [1.165, 1.54) is 4.57 Å². The topological polar surface area (TPSA) is 98.7 Å². The van der Waals surface area contributed by atoms with E-state index in [4.69, 9.17) is 5.73 Å². The SMILES string of the molecule is CCn1c(=O)c2[nH]c(CN)nc2n(C)c1=O. The van der Waals surface area contributed by atoms with Gasteiger partial charge in [0.1, 0.15) is 11.3 Å². The molecule has 0 atom stereocenters. The molecule has 0 saturated carbocycles. The quantitative estimate of drug-likeness (QED) is 0.675. The van der Waals surface area contributed by atoms with Gasteiger partial charge < -0.3 is 10.7 Å². The molecular formula is C9H13N5O2. The molecule has 0 aromatic carbocycles. The average molecular weight is 223 g/mol. The third-order valence-electron chi connectivity index (χ3n) is 2.54. The smallest absolute Gasteiger partial charge is 0.332 e. The molecule has 3 N–H and O–H groups in total. The molecular weight excluding hydrogens is 210 g/mol. The van der Waals surface area contributed by atoms with Crippen LogP contribution in [-0.2, 0) is 20.1 Å². The number of rotatable bonds is 2. The molecule has 0 aliphatic rings. The monoisotopic (exact) mass is 223 g/mol. The number of H-pyrrole nitrogens is 1. The molecule has 7 heteroatoms. The summed E-state index contributed by atoms with van der Waals surface area (Å²) in [5.74, 6) is 0.496. The largest absolute Gasteiger partial charge is 0.335 e. The van der Waals surface area contributed by atoms with E-state index in [0.717, 1.165) is 4.57 Å². The Morgan fingerprint density at radius 3 is 2.69 bits per heavy atom. The van der Waals surface area contributed by atoms with Crippen LogP contribution in [-0.4, -0.2) is 19.1 Å². The zero-order chi connectivity index (χ0) is 11.9. The van der Waals surface area contributed by atoms with Crippen molar-refractivity contribution >= 4 is 11.2 Å². The second-order valence-corrected chi connectivity index (χ2v) is 3.48. The number of aromatic amines is 1. The summed E-state index contributed by atoms with van der Waals surface area (Å²) in [4.78, 5) is 30.6. The predicted octanol–water partition coefficient (Wildman–Crippen LogP) is -1.10. The van der Waals surface area contributed by atoms with Crippen molar-refractivity contribution in [1.29, 1.82) is 0 Å². The maximum Gasteiger partial charge on any atom is 0.332 e. The summed E-state index contributed by atoms with van der Waals surface area (Å²) < 4.78 is 2.50. The molecule has 0 fully saturated rings. The fourth-order valence-electron chi connectivity index (χ4n) is 1.67. The second-order valence-electron chi connectivity index (χ2n) is 3.48. The Bertz CT molecular complexity index is 648. The van der Waals surface area contributed by atoms with Crippen LogP contribution in [0, 0.1) is 0 Å². The van der Waals surface area contributed by atoms with E-state index in [0.29, 0.717) is 23.5 Å². The maximum absolute atomic E-state index is 11.9. The van der Waals surface area contributed by atoms with Crippen LogP contribution < -0.4 is 17.0 Å². The summed E-state index contributed by atoms with van der Waals surface area (Å²) in [6.45, 7) is 2.28. The van der Waals surface area contributed by atoms with Crippen molar-refractivity contribution in [1.82, 2.24) is 19.1 Å². The Hall–Kier alpha value is -1.89. The molecule has 0 unspecified atom stereocenters. The molecule has 0 aliphatic heterocycles. The van der Waals surface area contributed by atoms with E-state index < -0.39 is 0 Å². The maximum atomic E-state index is 11.9. The van der Waals surface area contributed by atoms with Crippen LogP contribution in [0.25, 0.3) is 11.2 Å². The standard InChI is InChI=1S/C9H13N5O2/c1-3-14-8(15)6-7(13(2)9(14)16)12-5(4-10)11-6/h3-4,10H2,1-2H3,(H,11,12). The Kier molecular flexibility index (Phi) is 2.39. The first-order valence-corrected chi connectivity index (χ1v) is 4.98. The third-order valence-corrected chi connectivity index (χ3v) is 2.54. The molecule has 0 amide bonds. The first kappa shape index (κ1) is 10.6. The molecule has 2 rings (SSSR count). The predicted molar refractivity (Wildman–Crippen MR) is 59.2 cm³/mol. The number of nitrogens with one attached hydrogen (secondary N) is 1. The molecule has 0 spiro atoms. The van der Waals surface area contributed by atoms with E-state index >= 15 is 0 Å². The molecule has 16 heavy (non-hydrogen) atoms. The fourth-order valence-corrected chi connectivity index (χ4v) is 1.67.